The first-order chi connectivity index (χ1) is 20.2. The number of aliphatic hydroxyl groups excluding tert-OH is 1. The number of esters is 2. The van der Waals surface area contributed by atoms with Crippen LogP contribution in [0.15, 0.2) is 34.9 Å². The van der Waals surface area contributed by atoms with Crippen molar-refractivity contribution in [2.75, 3.05) is 6.61 Å². The van der Waals surface area contributed by atoms with Crippen LogP contribution >= 0.6 is 0 Å². The standard InChI is InChI=1S/C35H52O8/c1-8-10-11-12-13-14-15-16-27(37)43-35-28(32(35,6)7)25-18-24(20-36)19-33(40)26(17-22(4)29(33)38)34(25,41)23(5)30(35)42-31(39)21(3)9-2/h9,17-18,23,25-26,28,30,36,40-41H,8,10-16,19-20H2,1-7H3/b21-9+/t23-,25+,26-,28-,30-,33-,34-,35+/m1/s1. The number of fused-ring (bicyclic) bond motifs is 5. The van der Waals surface area contributed by atoms with Gasteiger partial charge in [-0.1, -0.05) is 84.4 Å². The van der Waals surface area contributed by atoms with E-state index in [0.717, 1.165) is 19.3 Å². The first kappa shape index (κ1) is 33.6. The number of hydrogen-bond donors (Lipinski definition) is 3. The molecule has 0 aromatic heterocycles. The number of Topliss-reactive ketones (excluding diaryl/α,β-unsaturated/α-hetero) is 1. The molecule has 43 heavy (non-hydrogen) atoms. The van der Waals surface area contributed by atoms with Gasteiger partial charge in [0.2, 0.25) is 0 Å². The summed E-state index contributed by atoms with van der Waals surface area (Å²) in [5, 5.41) is 35.0. The number of aliphatic hydroxyl groups is 3. The maximum atomic E-state index is 13.5. The molecule has 0 amide bonds. The molecular formula is C35H52O8. The molecule has 4 aliphatic rings. The predicted molar refractivity (Wildman–Crippen MR) is 163 cm³/mol. The molecule has 0 spiro atoms. The topological polar surface area (TPSA) is 130 Å². The second-order valence-electron chi connectivity index (χ2n) is 14.1. The summed E-state index contributed by atoms with van der Waals surface area (Å²) in [6, 6.07) is 0. The summed E-state index contributed by atoms with van der Waals surface area (Å²) >= 11 is 0. The minimum Gasteiger partial charge on any atom is -0.454 e. The highest BCUT2D eigenvalue weighted by Gasteiger charge is 2.88. The van der Waals surface area contributed by atoms with E-state index < -0.39 is 63.7 Å². The molecule has 0 radical (unpaired) electrons. The van der Waals surface area contributed by atoms with Crippen molar-refractivity contribution in [2.24, 2.45) is 29.1 Å². The van der Waals surface area contributed by atoms with E-state index >= 15 is 0 Å². The molecule has 2 fully saturated rings. The Morgan fingerprint density at radius 3 is 2.30 bits per heavy atom. The van der Waals surface area contributed by atoms with Crippen LogP contribution in [0.3, 0.4) is 0 Å². The van der Waals surface area contributed by atoms with E-state index in [1.807, 2.05) is 13.8 Å². The molecule has 0 aromatic rings. The number of allylic oxidation sites excluding steroid dienone is 1. The smallest absolute Gasteiger partial charge is 0.333 e. The summed E-state index contributed by atoms with van der Waals surface area (Å²) in [5.74, 6) is -4.44. The van der Waals surface area contributed by atoms with Gasteiger partial charge in [-0.2, -0.15) is 0 Å². The van der Waals surface area contributed by atoms with Crippen LogP contribution in [0, 0.1) is 29.1 Å². The van der Waals surface area contributed by atoms with Gasteiger partial charge in [0.15, 0.2) is 11.4 Å². The molecular weight excluding hydrogens is 548 g/mol. The van der Waals surface area contributed by atoms with Crippen LogP contribution < -0.4 is 0 Å². The van der Waals surface area contributed by atoms with Crippen LogP contribution in [-0.4, -0.2) is 62.6 Å². The SMILES string of the molecule is C/C=C(\C)C(=O)O[C@@H]1[C@@H](C)[C@@]2(O)[C@@H](C=C(CO)C[C@]3(O)C(=O)C(C)=C[C@@H]23)[C@@H]2C(C)(C)[C@@]12OC(=O)CCCCCCCCC. The normalized spacial score (nSPS) is 37.8. The van der Waals surface area contributed by atoms with E-state index in [4.69, 9.17) is 9.47 Å². The third kappa shape index (κ3) is 5.25. The fourth-order valence-corrected chi connectivity index (χ4v) is 8.62. The molecule has 8 nitrogen and oxygen atoms in total. The number of hydrogen-bond acceptors (Lipinski definition) is 8. The molecule has 3 N–H and O–H groups in total. The number of carbonyl (C=O) groups excluding carboxylic acids is 3. The Balaban J connectivity index is 1.73. The fraction of sp³-hybridized carbons (Fsp3) is 0.743. The first-order valence-electron chi connectivity index (χ1n) is 16.2. The Morgan fingerprint density at radius 1 is 1.07 bits per heavy atom. The lowest BCUT2D eigenvalue weighted by atomic mass is 9.59. The number of carbonyl (C=O) groups is 3. The first-order valence-corrected chi connectivity index (χ1v) is 16.2. The van der Waals surface area contributed by atoms with Gasteiger partial charge in [-0.15, -0.1) is 0 Å². The van der Waals surface area contributed by atoms with Gasteiger partial charge in [-0.05, 0) is 38.3 Å². The van der Waals surface area contributed by atoms with Crippen molar-refractivity contribution >= 4 is 17.7 Å². The molecule has 240 valence electrons. The van der Waals surface area contributed by atoms with Crippen LogP contribution in [0.25, 0.3) is 0 Å². The van der Waals surface area contributed by atoms with Gasteiger partial charge in [0.1, 0.15) is 11.7 Å². The molecule has 8 atom stereocenters. The second kappa shape index (κ2) is 12.2. The largest absolute Gasteiger partial charge is 0.454 e. The summed E-state index contributed by atoms with van der Waals surface area (Å²) in [6.45, 7) is 12.4. The lowest BCUT2D eigenvalue weighted by Gasteiger charge is -2.53. The highest BCUT2D eigenvalue weighted by molar-refractivity contribution is 6.04. The van der Waals surface area contributed by atoms with Gasteiger partial charge < -0.3 is 24.8 Å². The maximum absolute atomic E-state index is 13.5. The summed E-state index contributed by atoms with van der Waals surface area (Å²) in [4.78, 5) is 40.0. The molecule has 0 saturated heterocycles. The number of ether oxygens (including phenoxy) is 2. The van der Waals surface area contributed by atoms with Gasteiger partial charge >= 0.3 is 11.9 Å². The van der Waals surface area contributed by atoms with E-state index in [2.05, 4.69) is 6.92 Å². The molecule has 2 saturated carbocycles. The van der Waals surface area contributed by atoms with Crippen molar-refractivity contribution in [3.63, 3.8) is 0 Å². The van der Waals surface area contributed by atoms with Crippen molar-refractivity contribution in [2.45, 2.75) is 129 Å². The second-order valence-corrected chi connectivity index (χ2v) is 14.1. The number of unbranched alkanes of at least 4 members (excludes halogenated alkanes) is 6. The molecule has 8 heteroatoms. The summed E-state index contributed by atoms with van der Waals surface area (Å²) in [6.07, 6.45) is 11.6. The van der Waals surface area contributed by atoms with E-state index in [1.165, 1.54) is 19.3 Å². The van der Waals surface area contributed by atoms with Gasteiger partial charge in [0.25, 0.3) is 0 Å². The van der Waals surface area contributed by atoms with Gasteiger partial charge in [0.05, 0.1) is 12.2 Å². The summed E-state index contributed by atoms with van der Waals surface area (Å²) in [7, 11) is 0. The molecule has 0 heterocycles. The number of rotatable bonds is 12. The highest BCUT2D eigenvalue weighted by Crippen LogP contribution is 2.77. The Kier molecular flexibility index (Phi) is 9.57. The summed E-state index contributed by atoms with van der Waals surface area (Å²) < 4.78 is 12.6. The Hall–Kier alpha value is -2.29. The van der Waals surface area contributed by atoms with Crippen molar-refractivity contribution in [1.82, 2.24) is 0 Å². The van der Waals surface area contributed by atoms with E-state index in [9.17, 15) is 29.7 Å². The third-order valence-corrected chi connectivity index (χ3v) is 11.2. The minimum atomic E-state index is -1.95. The Morgan fingerprint density at radius 2 is 1.70 bits per heavy atom. The molecule has 4 rings (SSSR count). The Bertz CT molecular complexity index is 1210. The van der Waals surface area contributed by atoms with Gasteiger partial charge in [0, 0.05) is 47.5 Å². The van der Waals surface area contributed by atoms with Gasteiger partial charge in [-0.25, -0.2) is 4.79 Å². The minimum absolute atomic E-state index is 0.118. The third-order valence-electron chi connectivity index (χ3n) is 11.2. The zero-order valence-electron chi connectivity index (χ0n) is 27.1. The zero-order valence-corrected chi connectivity index (χ0v) is 27.1. The zero-order chi connectivity index (χ0) is 32.0. The molecule has 4 aliphatic carbocycles. The van der Waals surface area contributed by atoms with Crippen molar-refractivity contribution in [3.05, 3.63) is 34.9 Å². The lowest BCUT2D eigenvalue weighted by molar-refractivity contribution is -0.227. The van der Waals surface area contributed by atoms with Gasteiger partial charge in [-0.3, -0.25) is 9.59 Å². The monoisotopic (exact) mass is 600 g/mol. The van der Waals surface area contributed by atoms with Crippen LogP contribution in [0.2, 0.25) is 0 Å². The van der Waals surface area contributed by atoms with E-state index in [-0.39, 0.29) is 25.4 Å². The van der Waals surface area contributed by atoms with E-state index in [1.54, 1.807) is 45.9 Å². The van der Waals surface area contributed by atoms with Crippen LogP contribution in [0.4, 0.5) is 0 Å². The van der Waals surface area contributed by atoms with Crippen LogP contribution in [0.5, 0.6) is 0 Å². The van der Waals surface area contributed by atoms with Crippen LogP contribution in [-0.2, 0) is 23.9 Å². The fourth-order valence-electron chi connectivity index (χ4n) is 8.62. The molecule has 0 aromatic carbocycles. The van der Waals surface area contributed by atoms with Crippen molar-refractivity contribution in [1.29, 1.82) is 0 Å². The maximum Gasteiger partial charge on any atom is 0.333 e. The molecule has 0 unspecified atom stereocenters. The lowest BCUT2D eigenvalue weighted by Crippen LogP contribution is -2.66. The Labute approximate surface area is 256 Å². The van der Waals surface area contributed by atoms with E-state index in [0.29, 0.717) is 23.1 Å². The summed E-state index contributed by atoms with van der Waals surface area (Å²) in [5.41, 5.74) is -4.46. The van der Waals surface area contributed by atoms with Crippen molar-refractivity contribution in [3.8, 4) is 0 Å². The molecule has 0 aliphatic heterocycles. The van der Waals surface area contributed by atoms with Crippen LogP contribution in [0.1, 0.15) is 106 Å². The average molecular weight is 601 g/mol. The quantitative estimate of drug-likeness (QED) is 0.122. The number of ketones is 1. The average Bonchev–Trinajstić information content (AvgIpc) is 3.39. The molecule has 0 bridgehead atoms. The van der Waals surface area contributed by atoms with Crippen molar-refractivity contribution < 1.29 is 39.2 Å². The predicted octanol–water partition coefficient (Wildman–Crippen LogP) is 5.14. The highest BCUT2D eigenvalue weighted by atomic mass is 16.6.